The quantitative estimate of drug-likeness (QED) is 0.728. The van der Waals surface area contributed by atoms with Crippen molar-refractivity contribution in [3.05, 3.63) is 59.4 Å². The largest absolute Gasteiger partial charge is 0.464 e. The zero-order valence-corrected chi connectivity index (χ0v) is 17.5. The Kier molecular flexibility index (Phi) is 7.24. The molecule has 1 aromatic carbocycles. The van der Waals surface area contributed by atoms with E-state index in [1.54, 1.807) is 13.2 Å². The third-order valence-corrected chi connectivity index (χ3v) is 5.08. The summed E-state index contributed by atoms with van der Waals surface area (Å²) in [6, 6.07) is 13.0. The molecule has 1 aromatic heterocycles. The SMILES string of the molecule is COC(=O)c1cc(N2CC[C@H](NC(=O)OCc3ccccc3)[C@H](OC)C2)cc(C)n1. The average molecular weight is 413 g/mol. The van der Waals surface area contributed by atoms with Gasteiger partial charge in [0.25, 0.3) is 0 Å². The molecule has 2 atom stereocenters. The van der Waals surface area contributed by atoms with E-state index in [9.17, 15) is 9.59 Å². The van der Waals surface area contributed by atoms with Gasteiger partial charge in [-0.3, -0.25) is 0 Å². The summed E-state index contributed by atoms with van der Waals surface area (Å²) >= 11 is 0. The first-order valence-electron chi connectivity index (χ1n) is 9.82. The number of anilines is 1. The smallest absolute Gasteiger partial charge is 0.407 e. The highest BCUT2D eigenvalue weighted by molar-refractivity contribution is 5.88. The summed E-state index contributed by atoms with van der Waals surface area (Å²) in [7, 11) is 2.96. The van der Waals surface area contributed by atoms with E-state index in [2.05, 4.69) is 15.2 Å². The average Bonchev–Trinajstić information content (AvgIpc) is 2.77. The van der Waals surface area contributed by atoms with E-state index in [-0.39, 0.29) is 24.4 Å². The van der Waals surface area contributed by atoms with Crippen molar-refractivity contribution in [1.82, 2.24) is 10.3 Å². The number of esters is 1. The number of ether oxygens (including phenoxy) is 3. The maximum Gasteiger partial charge on any atom is 0.407 e. The molecule has 0 aliphatic carbocycles. The molecule has 2 aromatic rings. The number of aromatic nitrogens is 1. The fraction of sp³-hybridized carbons (Fsp3) is 0.409. The predicted molar refractivity (Wildman–Crippen MR) is 111 cm³/mol. The molecule has 1 aliphatic heterocycles. The molecular weight excluding hydrogens is 386 g/mol. The van der Waals surface area contributed by atoms with Crippen molar-refractivity contribution in [2.75, 3.05) is 32.2 Å². The van der Waals surface area contributed by atoms with E-state index in [0.717, 1.165) is 16.9 Å². The van der Waals surface area contributed by atoms with Gasteiger partial charge in [0.15, 0.2) is 5.69 Å². The van der Waals surface area contributed by atoms with Crippen LogP contribution in [0, 0.1) is 6.92 Å². The van der Waals surface area contributed by atoms with Crippen LogP contribution in [0.1, 0.15) is 28.2 Å². The summed E-state index contributed by atoms with van der Waals surface area (Å²) in [5.41, 5.74) is 2.80. The second kappa shape index (κ2) is 10.1. The molecule has 160 valence electrons. The number of nitrogens with zero attached hydrogens (tertiary/aromatic N) is 2. The molecule has 8 nitrogen and oxygen atoms in total. The minimum absolute atomic E-state index is 0.169. The summed E-state index contributed by atoms with van der Waals surface area (Å²) in [4.78, 5) is 30.4. The van der Waals surface area contributed by atoms with E-state index in [1.165, 1.54) is 7.11 Å². The summed E-state index contributed by atoms with van der Waals surface area (Å²) in [5.74, 6) is -0.471. The highest BCUT2D eigenvalue weighted by Gasteiger charge is 2.31. The Morgan fingerprint density at radius 1 is 1.20 bits per heavy atom. The van der Waals surface area contributed by atoms with Gasteiger partial charge in [-0.15, -0.1) is 0 Å². The molecule has 0 spiro atoms. The predicted octanol–water partition coefficient (Wildman–Crippen LogP) is 2.70. The number of carbonyl (C=O) groups is 2. The van der Waals surface area contributed by atoms with Crippen molar-refractivity contribution in [3.63, 3.8) is 0 Å². The number of hydrogen-bond donors (Lipinski definition) is 1. The molecule has 0 bridgehead atoms. The first-order chi connectivity index (χ1) is 14.5. The van der Waals surface area contributed by atoms with Gasteiger partial charge in [0.1, 0.15) is 6.61 Å². The number of alkyl carbamates (subject to hydrolysis) is 1. The van der Waals surface area contributed by atoms with E-state index in [4.69, 9.17) is 14.2 Å². The number of amides is 1. The van der Waals surface area contributed by atoms with Crippen molar-refractivity contribution in [2.24, 2.45) is 0 Å². The fourth-order valence-corrected chi connectivity index (χ4v) is 3.51. The maximum atomic E-state index is 12.2. The molecule has 30 heavy (non-hydrogen) atoms. The lowest BCUT2D eigenvalue weighted by molar-refractivity contribution is 0.0545. The van der Waals surface area contributed by atoms with E-state index < -0.39 is 12.1 Å². The van der Waals surface area contributed by atoms with Gasteiger partial charge in [0, 0.05) is 31.6 Å². The van der Waals surface area contributed by atoms with Gasteiger partial charge in [0.2, 0.25) is 0 Å². The van der Waals surface area contributed by atoms with Crippen molar-refractivity contribution in [3.8, 4) is 0 Å². The highest BCUT2D eigenvalue weighted by atomic mass is 16.5. The molecule has 1 fully saturated rings. The zero-order chi connectivity index (χ0) is 21.5. The molecule has 3 rings (SSSR count). The van der Waals surface area contributed by atoms with Crippen LogP contribution in [0.2, 0.25) is 0 Å². The first-order valence-corrected chi connectivity index (χ1v) is 9.82. The Hall–Kier alpha value is -3.13. The maximum absolute atomic E-state index is 12.2. The summed E-state index contributed by atoms with van der Waals surface area (Å²) < 4.78 is 15.7. The van der Waals surface area contributed by atoms with Gasteiger partial charge in [0.05, 0.1) is 19.3 Å². The van der Waals surface area contributed by atoms with Crippen LogP contribution in [-0.4, -0.2) is 56.5 Å². The van der Waals surface area contributed by atoms with Crippen molar-refractivity contribution in [2.45, 2.75) is 32.1 Å². The molecule has 2 heterocycles. The number of hydrogen-bond acceptors (Lipinski definition) is 7. The van der Waals surface area contributed by atoms with Gasteiger partial charge in [-0.2, -0.15) is 0 Å². The van der Waals surface area contributed by atoms with Crippen LogP contribution >= 0.6 is 0 Å². The molecule has 1 saturated heterocycles. The number of piperidine rings is 1. The number of nitrogens with one attached hydrogen (secondary N) is 1. The lowest BCUT2D eigenvalue weighted by Gasteiger charge is -2.39. The molecule has 1 aliphatic rings. The monoisotopic (exact) mass is 413 g/mol. The molecule has 0 radical (unpaired) electrons. The van der Waals surface area contributed by atoms with E-state index >= 15 is 0 Å². The van der Waals surface area contributed by atoms with Crippen molar-refractivity contribution in [1.29, 1.82) is 0 Å². The summed E-state index contributed by atoms with van der Waals surface area (Å²) in [6.07, 6.45) is -0.0152. The van der Waals surface area contributed by atoms with Gasteiger partial charge in [-0.05, 0) is 31.0 Å². The standard InChI is InChI=1S/C22H27N3O5/c1-15-11-17(12-19(23-15)21(26)29-3)25-10-9-18(20(13-25)28-2)24-22(27)30-14-16-7-5-4-6-8-16/h4-8,11-12,18,20H,9-10,13-14H2,1-3H3,(H,24,27)/t18-,20+/m0/s1. The second-order valence-corrected chi connectivity index (χ2v) is 7.16. The highest BCUT2D eigenvalue weighted by Crippen LogP contribution is 2.23. The Morgan fingerprint density at radius 3 is 2.67 bits per heavy atom. The third-order valence-electron chi connectivity index (χ3n) is 5.08. The second-order valence-electron chi connectivity index (χ2n) is 7.16. The fourth-order valence-electron chi connectivity index (χ4n) is 3.51. The van der Waals surface area contributed by atoms with Crippen LogP contribution in [0.4, 0.5) is 10.5 Å². The van der Waals surface area contributed by atoms with Crippen molar-refractivity contribution < 1.29 is 23.8 Å². The minimum Gasteiger partial charge on any atom is -0.464 e. The lowest BCUT2D eigenvalue weighted by Crippen LogP contribution is -2.55. The molecule has 0 saturated carbocycles. The molecule has 0 unspecified atom stereocenters. The van der Waals surface area contributed by atoms with Crippen LogP contribution in [0.3, 0.4) is 0 Å². The molecule has 1 amide bonds. The minimum atomic E-state index is -0.471. The number of carbonyl (C=O) groups excluding carboxylic acids is 2. The number of pyridine rings is 1. The number of benzene rings is 1. The summed E-state index contributed by atoms with van der Waals surface area (Å²) in [6.45, 7) is 3.30. The number of aryl methyl sites for hydroxylation is 1. The van der Waals surface area contributed by atoms with Crippen LogP contribution in [-0.2, 0) is 20.8 Å². The number of rotatable bonds is 6. The molecular formula is C22H27N3O5. The van der Waals surface area contributed by atoms with E-state index in [1.807, 2.05) is 43.3 Å². The van der Waals surface area contributed by atoms with Gasteiger partial charge in [-0.25, -0.2) is 14.6 Å². The Morgan fingerprint density at radius 2 is 1.97 bits per heavy atom. The van der Waals surface area contributed by atoms with Crippen LogP contribution in [0.25, 0.3) is 0 Å². The first kappa shape index (κ1) is 21.6. The van der Waals surface area contributed by atoms with Crippen LogP contribution < -0.4 is 10.2 Å². The normalized spacial score (nSPS) is 18.6. The topological polar surface area (TPSA) is 90.0 Å². The van der Waals surface area contributed by atoms with Crippen LogP contribution in [0.5, 0.6) is 0 Å². The van der Waals surface area contributed by atoms with Gasteiger partial charge < -0.3 is 24.4 Å². The van der Waals surface area contributed by atoms with E-state index in [0.29, 0.717) is 19.5 Å². The van der Waals surface area contributed by atoms with Gasteiger partial charge in [-0.1, -0.05) is 30.3 Å². The Bertz CT molecular complexity index is 874. The molecule has 8 heteroatoms. The number of methoxy groups -OCH3 is 2. The lowest BCUT2D eigenvalue weighted by atomic mass is 10.0. The zero-order valence-electron chi connectivity index (χ0n) is 17.5. The third kappa shape index (κ3) is 5.48. The summed E-state index contributed by atoms with van der Waals surface area (Å²) in [5, 5.41) is 2.91. The molecule has 1 N–H and O–H groups in total. The van der Waals surface area contributed by atoms with Gasteiger partial charge >= 0.3 is 12.1 Å². The Labute approximate surface area is 176 Å². The Balaban J connectivity index is 1.60. The van der Waals surface area contributed by atoms with Crippen molar-refractivity contribution >= 4 is 17.7 Å². The van der Waals surface area contributed by atoms with Crippen LogP contribution in [0.15, 0.2) is 42.5 Å².